The normalized spacial score (nSPS) is 17.0. The van der Waals surface area contributed by atoms with Gasteiger partial charge in [-0.3, -0.25) is 0 Å². The molecule has 0 aromatic heterocycles. The number of halogens is 1. The fourth-order valence-electron chi connectivity index (χ4n) is 3.48. The molecule has 0 fully saturated rings. The Labute approximate surface area is 129 Å². The maximum Gasteiger partial charge on any atom is 0.146 e. The molecule has 1 aliphatic rings. The van der Waals surface area contributed by atoms with Crippen LogP contribution in [0.1, 0.15) is 17.2 Å². The average molecular weight is 292 g/mol. The van der Waals surface area contributed by atoms with Crippen LogP contribution in [0.15, 0.2) is 60.7 Å². The van der Waals surface area contributed by atoms with E-state index in [9.17, 15) is 4.39 Å². The van der Waals surface area contributed by atoms with E-state index in [1.165, 1.54) is 28.0 Å². The minimum atomic E-state index is -0.196. The van der Waals surface area contributed by atoms with E-state index >= 15 is 0 Å². The molecular weight excluding hydrogens is 275 g/mol. The first-order chi connectivity index (χ1) is 10.8. The van der Waals surface area contributed by atoms with Crippen LogP contribution in [-0.4, -0.2) is 6.54 Å². The predicted molar refractivity (Wildman–Crippen MR) is 88.3 cm³/mol. The molecule has 0 aliphatic carbocycles. The summed E-state index contributed by atoms with van der Waals surface area (Å²) < 4.78 is 14.2. The van der Waals surface area contributed by atoms with Crippen LogP contribution in [0.5, 0.6) is 0 Å². The zero-order chi connectivity index (χ0) is 15.1. The molecular formula is C19H17FN2. The van der Waals surface area contributed by atoms with E-state index in [2.05, 4.69) is 29.2 Å². The predicted octanol–water partition coefficient (Wildman–Crippen LogP) is 4.00. The minimum absolute atomic E-state index is 0.0245. The molecule has 0 bridgehead atoms. The highest BCUT2D eigenvalue weighted by atomic mass is 19.1. The van der Waals surface area contributed by atoms with Crippen molar-refractivity contribution in [3.63, 3.8) is 0 Å². The summed E-state index contributed by atoms with van der Waals surface area (Å²) >= 11 is 0. The van der Waals surface area contributed by atoms with Gasteiger partial charge >= 0.3 is 0 Å². The molecule has 3 aromatic carbocycles. The monoisotopic (exact) mass is 292 g/mol. The maximum atomic E-state index is 14.2. The Morgan fingerprint density at radius 3 is 2.59 bits per heavy atom. The van der Waals surface area contributed by atoms with Crippen LogP contribution in [0.2, 0.25) is 0 Å². The van der Waals surface area contributed by atoms with Crippen LogP contribution in [0, 0.1) is 5.82 Å². The first kappa shape index (κ1) is 13.3. The Balaban J connectivity index is 1.88. The summed E-state index contributed by atoms with van der Waals surface area (Å²) in [4.78, 5) is 2.08. The molecule has 2 N–H and O–H groups in total. The summed E-state index contributed by atoms with van der Waals surface area (Å²) in [5.41, 5.74) is 9.10. The van der Waals surface area contributed by atoms with Gasteiger partial charge in [-0.25, -0.2) is 4.39 Å². The van der Waals surface area contributed by atoms with Gasteiger partial charge in [-0.15, -0.1) is 0 Å². The van der Waals surface area contributed by atoms with Gasteiger partial charge in [-0.05, 0) is 34.0 Å². The molecule has 22 heavy (non-hydrogen) atoms. The van der Waals surface area contributed by atoms with Crippen molar-refractivity contribution in [1.82, 2.24) is 0 Å². The lowest BCUT2D eigenvalue weighted by molar-refractivity contribution is 0.600. The van der Waals surface area contributed by atoms with E-state index in [1.54, 1.807) is 6.07 Å². The second-order valence-corrected chi connectivity index (χ2v) is 5.69. The Kier molecular flexibility index (Phi) is 3.09. The van der Waals surface area contributed by atoms with Crippen LogP contribution in [0.4, 0.5) is 10.1 Å². The number of nitrogens with two attached hydrogens (primary N) is 1. The highest BCUT2D eigenvalue weighted by molar-refractivity contribution is 5.88. The minimum Gasteiger partial charge on any atom is -0.356 e. The Morgan fingerprint density at radius 1 is 1.00 bits per heavy atom. The van der Waals surface area contributed by atoms with Gasteiger partial charge in [0.15, 0.2) is 0 Å². The van der Waals surface area contributed by atoms with E-state index in [-0.39, 0.29) is 11.9 Å². The fraction of sp³-hybridized carbons (Fsp3) is 0.158. The molecule has 0 saturated carbocycles. The van der Waals surface area contributed by atoms with Crippen molar-refractivity contribution < 1.29 is 4.39 Å². The Hall–Kier alpha value is -2.39. The summed E-state index contributed by atoms with van der Waals surface area (Å²) in [5, 5.41) is 2.45. The number of nitrogens with zero attached hydrogens (tertiary/aromatic N) is 1. The first-order valence-corrected chi connectivity index (χ1v) is 7.51. The third kappa shape index (κ3) is 1.90. The fourth-order valence-corrected chi connectivity index (χ4v) is 3.48. The van der Waals surface area contributed by atoms with Gasteiger partial charge in [0.05, 0.1) is 11.7 Å². The summed E-state index contributed by atoms with van der Waals surface area (Å²) in [6.07, 6.45) is 0. The molecule has 1 aliphatic heterocycles. The lowest BCUT2D eigenvalue weighted by Crippen LogP contribution is -2.28. The molecule has 0 saturated heterocycles. The average Bonchev–Trinajstić information content (AvgIpc) is 2.94. The first-order valence-electron chi connectivity index (χ1n) is 7.51. The lowest BCUT2D eigenvalue weighted by Gasteiger charge is -2.26. The van der Waals surface area contributed by atoms with Crippen molar-refractivity contribution in [2.24, 2.45) is 5.73 Å². The summed E-state index contributed by atoms with van der Waals surface area (Å²) in [6, 6.07) is 19.5. The van der Waals surface area contributed by atoms with Gasteiger partial charge in [0, 0.05) is 13.1 Å². The van der Waals surface area contributed by atoms with Crippen molar-refractivity contribution in [2.75, 3.05) is 11.4 Å². The van der Waals surface area contributed by atoms with E-state index in [0.717, 1.165) is 0 Å². The standard InChI is InChI=1S/C19H17FN2/c20-17-7-3-4-8-18(17)22-12-16-14-6-2-1-5-13(14)9-10-15(16)19(22)11-21/h1-10,19H,11-12,21H2. The molecule has 2 nitrogen and oxygen atoms in total. The van der Waals surface area contributed by atoms with Crippen molar-refractivity contribution >= 4 is 16.5 Å². The Morgan fingerprint density at radius 2 is 1.77 bits per heavy atom. The van der Waals surface area contributed by atoms with E-state index in [1.807, 2.05) is 24.3 Å². The number of fused-ring (bicyclic) bond motifs is 3. The molecule has 1 heterocycles. The third-order valence-corrected chi connectivity index (χ3v) is 4.53. The number of benzene rings is 3. The van der Waals surface area contributed by atoms with Crippen LogP contribution >= 0.6 is 0 Å². The number of hydrogen-bond donors (Lipinski definition) is 1. The highest BCUT2D eigenvalue weighted by Crippen LogP contribution is 2.40. The van der Waals surface area contributed by atoms with Gasteiger partial charge in [-0.1, -0.05) is 48.5 Å². The van der Waals surface area contributed by atoms with Crippen molar-refractivity contribution in [3.8, 4) is 0 Å². The SMILES string of the molecule is NCC1c2ccc3ccccc3c2CN1c1ccccc1F. The molecule has 0 amide bonds. The molecule has 3 aromatic rings. The number of rotatable bonds is 2. The van der Waals surface area contributed by atoms with Gasteiger partial charge in [0.25, 0.3) is 0 Å². The molecule has 3 heteroatoms. The largest absolute Gasteiger partial charge is 0.356 e. The summed E-state index contributed by atoms with van der Waals surface area (Å²) in [6.45, 7) is 1.17. The molecule has 1 unspecified atom stereocenters. The number of hydrogen-bond acceptors (Lipinski definition) is 2. The van der Waals surface area contributed by atoms with E-state index in [0.29, 0.717) is 18.8 Å². The van der Waals surface area contributed by atoms with Crippen LogP contribution in [-0.2, 0) is 6.54 Å². The summed E-state index contributed by atoms with van der Waals surface area (Å²) in [5.74, 6) is -0.196. The van der Waals surface area contributed by atoms with Gasteiger partial charge in [0.1, 0.15) is 5.82 Å². The maximum absolute atomic E-state index is 14.2. The highest BCUT2D eigenvalue weighted by Gasteiger charge is 2.31. The summed E-state index contributed by atoms with van der Waals surface area (Å²) in [7, 11) is 0. The topological polar surface area (TPSA) is 29.3 Å². The van der Waals surface area contributed by atoms with Crippen molar-refractivity contribution in [3.05, 3.63) is 77.6 Å². The molecule has 4 rings (SSSR count). The van der Waals surface area contributed by atoms with Crippen LogP contribution < -0.4 is 10.6 Å². The van der Waals surface area contributed by atoms with Crippen LogP contribution in [0.3, 0.4) is 0 Å². The van der Waals surface area contributed by atoms with Crippen molar-refractivity contribution in [1.29, 1.82) is 0 Å². The molecule has 110 valence electrons. The zero-order valence-electron chi connectivity index (χ0n) is 12.2. The quantitative estimate of drug-likeness (QED) is 0.773. The van der Waals surface area contributed by atoms with Gasteiger partial charge in [-0.2, -0.15) is 0 Å². The number of para-hydroxylation sites is 1. The number of anilines is 1. The van der Waals surface area contributed by atoms with Gasteiger partial charge < -0.3 is 10.6 Å². The smallest absolute Gasteiger partial charge is 0.146 e. The van der Waals surface area contributed by atoms with Crippen molar-refractivity contribution in [2.45, 2.75) is 12.6 Å². The van der Waals surface area contributed by atoms with Crippen LogP contribution in [0.25, 0.3) is 10.8 Å². The Bertz CT molecular complexity index is 844. The molecule has 1 atom stereocenters. The lowest BCUT2D eigenvalue weighted by atomic mass is 9.98. The second-order valence-electron chi connectivity index (χ2n) is 5.69. The van der Waals surface area contributed by atoms with E-state index < -0.39 is 0 Å². The second kappa shape index (κ2) is 5.11. The van der Waals surface area contributed by atoms with Gasteiger partial charge in [0.2, 0.25) is 0 Å². The molecule has 0 spiro atoms. The third-order valence-electron chi connectivity index (χ3n) is 4.53. The van der Waals surface area contributed by atoms with E-state index in [4.69, 9.17) is 5.73 Å². The molecule has 0 radical (unpaired) electrons. The zero-order valence-corrected chi connectivity index (χ0v) is 12.2.